The predicted octanol–water partition coefficient (Wildman–Crippen LogP) is 25.3. The van der Waals surface area contributed by atoms with Crippen molar-refractivity contribution in [1.82, 2.24) is 13.7 Å². The largest absolute Gasteiger partial charge is 0.310 e. The average molecular weight is 1380 g/mol. The molecule has 0 radical (unpaired) electrons. The minimum Gasteiger partial charge on any atom is -0.310 e. The Balaban J connectivity index is 1.08. The summed E-state index contributed by atoms with van der Waals surface area (Å²) in [6, 6.07) is 62.9. The number of hydrogen-bond acceptors (Lipinski definition) is 2. The van der Waals surface area contributed by atoms with Crippen LogP contribution in [0.25, 0.3) is 116 Å². The molecule has 5 nitrogen and oxygen atoms in total. The number of rotatable bonds is 8. The van der Waals surface area contributed by atoms with E-state index in [1.807, 2.05) is 91.0 Å². The van der Waals surface area contributed by atoms with Crippen LogP contribution in [0.1, 0.15) is 127 Å². The van der Waals surface area contributed by atoms with Crippen LogP contribution >= 0.6 is 0 Å². The number of hydrogen-bond donors (Lipinski definition) is 0. The Bertz CT molecular complexity index is 7200. The van der Waals surface area contributed by atoms with Crippen molar-refractivity contribution in [1.29, 1.82) is 0 Å². The molecule has 2 aliphatic heterocycles. The Morgan fingerprint density at radius 2 is 0.717 bits per heavy atom. The highest BCUT2D eigenvalue weighted by Gasteiger charge is 2.46. The Morgan fingerprint density at radius 1 is 0.283 bits per heavy atom. The van der Waals surface area contributed by atoms with E-state index in [1.165, 1.54) is 0 Å². The van der Waals surface area contributed by atoms with E-state index in [2.05, 4.69) is 213 Å². The first-order chi connectivity index (χ1) is 57.8. The van der Waals surface area contributed by atoms with Crippen LogP contribution in [0.15, 0.2) is 303 Å². The molecule has 19 rings (SSSR count). The molecule has 3 aromatic heterocycles. The molecule has 6 heteroatoms. The number of nitrogens with zero attached hydrogens (tertiary/aromatic N) is 5. The van der Waals surface area contributed by atoms with Gasteiger partial charge in [0.15, 0.2) is 0 Å². The zero-order chi connectivity index (χ0) is 86.4. The highest BCUT2D eigenvalue weighted by atomic mass is 15.2. The molecule has 0 bridgehead atoms. The Kier molecular flexibility index (Phi) is 11.2. The van der Waals surface area contributed by atoms with Gasteiger partial charge in [-0.25, -0.2) is 0 Å². The summed E-state index contributed by atoms with van der Waals surface area (Å²) in [6.07, 6.45) is 0. The summed E-state index contributed by atoms with van der Waals surface area (Å²) in [5.74, 6) is 0. The van der Waals surface area contributed by atoms with Gasteiger partial charge in [0.25, 0.3) is 6.71 Å². The highest BCUT2D eigenvalue weighted by Crippen LogP contribution is 2.55. The van der Waals surface area contributed by atoms with E-state index in [1.54, 1.807) is 9.13 Å². The predicted molar refractivity (Wildman–Crippen MR) is 455 cm³/mol. The van der Waals surface area contributed by atoms with Crippen LogP contribution in [0.2, 0.25) is 0 Å². The average Bonchev–Trinajstić information content (AvgIpc) is 1.16. The molecule has 0 atom stereocenters. The number of fused-ring (bicyclic) bond motifs is 13. The molecule has 0 fully saturated rings. The lowest BCUT2D eigenvalue weighted by atomic mass is 9.33. The van der Waals surface area contributed by atoms with Gasteiger partial charge in [-0.1, -0.05) is 301 Å². The summed E-state index contributed by atoms with van der Waals surface area (Å²) in [5.41, 5.74) is 17.0. The van der Waals surface area contributed by atoms with E-state index in [0.717, 1.165) is 111 Å². The molecule has 0 saturated carbocycles. The van der Waals surface area contributed by atoms with E-state index < -0.39 is 114 Å². The second-order valence-electron chi connectivity index (χ2n) is 32.6. The Morgan fingerprint density at radius 3 is 1.23 bits per heavy atom. The third-order valence-corrected chi connectivity index (χ3v) is 21.8. The number of aromatic nitrogens is 3. The zero-order valence-corrected chi connectivity index (χ0v) is 61.4. The molecule has 0 N–H and O–H groups in total. The maximum atomic E-state index is 10.3. The summed E-state index contributed by atoms with van der Waals surface area (Å²) >= 11 is 0. The monoisotopic (exact) mass is 1380 g/mol. The maximum absolute atomic E-state index is 10.3. The first-order valence-corrected chi connectivity index (χ1v) is 36.5. The lowest BCUT2D eigenvalue weighted by Gasteiger charge is -2.45. The van der Waals surface area contributed by atoms with Crippen molar-refractivity contribution in [2.24, 2.45) is 0 Å². The second-order valence-corrected chi connectivity index (χ2v) is 32.6. The maximum Gasteiger partial charge on any atom is 0.252 e. The van der Waals surface area contributed by atoms with E-state index in [4.69, 9.17) is 2.74 Å². The molecule has 0 unspecified atom stereocenters. The quantitative estimate of drug-likeness (QED) is 0.141. The lowest BCUT2D eigenvalue weighted by Crippen LogP contribution is -2.61. The molecule has 514 valence electrons. The van der Waals surface area contributed by atoms with Crippen molar-refractivity contribution < 1.29 is 21.9 Å². The molecular weight excluding hydrogens is 1280 g/mol. The topological polar surface area (TPSA) is 21.3 Å². The third kappa shape index (κ3) is 10.2. The minimum absolute atomic E-state index is 0.0796. The van der Waals surface area contributed by atoms with Gasteiger partial charge in [0.05, 0.1) is 72.1 Å². The molecule has 0 spiro atoms. The molecule has 0 aliphatic carbocycles. The van der Waals surface area contributed by atoms with Crippen LogP contribution in [-0.2, 0) is 21.7 Å². The summed E-state index contributed by atoms with van der Waals surface area (Å²) in [4.78, 5) is 4.55. The molecule has 17 aromatic rings. The molecule has 0 saturated heterocycles. The smallest absolute Gasteiger partial charge is 0.252 e. The normalized spacial score (nSPS) is 15.3. The summed E-state index contributed by atoms with van der Waals surface area (Å²) in [6.45, 7) is 25.8. The SMILES string of the molecule is [2H]c1c([2H])c([2H])c2c(c1[2H])c1c([2H])c([2H])c([2H])c([2H])c1n2-c1ccc2c(c1)N(c1cccc3c4cccc(C(C)(C)C)c4n(-c4ccccc4)c13)c1cc(-n3c4c([2H])c([2H])c([2H])c([2H])c4c4c([2H])c([2H])c([2H])c([2H])c43)cc3c1B2c1ccc(-c2cc(C(C)(C)C)cc(C(C)(C)C)c2)cc1N3c1c(-c2ccccc2)cc(C(C)(C)C)cc1-c1ccccc1. The van der Waals surface area contributed by atoms with Crippen LogP contribution in [0, 0.1) is 0 Å². The van der Waals surface area contributed by atoms with Crippen LogP contribution in [0.5, 0.6) is 0 Å². The highest BCUT2D eigenvalue weighted by molar-refractivity contribution is 7.00. The van der Waals surface area contributed by atoms with Gasteiger partial charge >= 0.3 is 0 Å². The van der Waals surface area contributed by atoms with Crippen LogP contribution < -0.4 is 26.2 Å². The standard InChI is InChI=1S/C100H86BN5/c1-97(2,3)67-54-66(55-68(57-67)98(4,5)6)65-50-52-82-89(56-65)106(94-79(63-32-16-13-17-33-63)58-69(99(7,8)9)59-80(94)64-34-18-14-19-35-64)92-62-72(103-86-47-28-24-40-75(86)76-41-25-29-48-87(76)103)61-91-93(92)101(82)83-53-51-71(102-84-45-26-22-38-73(84)74-39-23-27-46-85(74)102)60-90(83)105(91)88-49-31-43-78-77-42-30-44-81(100(10,11)12)95(77)104(96(78)88)70-36-20-15-21-37-70/h13-62H,1-12H3/i22D,23D,24D,25D,26D,27D,28D,29D,38D,39D,40D,41D,45D,46D,47D,48D. The molecule has 0 amide bonds. The van der Waals surface area contributed by atoms with E-state index in [9.17, 15) is 19.2 Å². The number of anilines is 6. The van der Waals surface area contributed by atoms with E-state index in [0.29, 0.717) is 22.7 Å². The fourth-order valence-corrected chi connectivity index (χ4v) is 16.6. The van der Waals surface area contributed by atoms with Crippen molar-refractivity contribution >= 4 is 123 Å². The van der Waals surface area contributed by atoms with Crippen molar-refractivity contribution in [3.05, 3.63) is 325 Å². The number of benzene rings is 14. The van der Waals surface area contributed by atoms with Crippen molar-refractivity contribution in [2.45, 2.75) is 105 Å². The third-order valence-electron chi connectivity index (χ3n) is 21.8. The van der Waals surface area contributed by atoms with Gasteiger partial charge in [0, 0.05) is 77.6 Å². The second kappa shape index (κ2) is 23.8. The molecule has 106 heavy (non-hydrogen) atoms. The summed E-state index contributed by atoms with van der Waals surface area (Å²) in [5, 5.41) is 1.39. The minimum atomic E-state index is -0.790. The van der Waals surface area contributed by atoms with Crippen LogP contribution in [0.4, 0.5) is 34.1 Å². The first kappa shape index (κ1) is 49.7. The van der Waals surface area contributed by atoms with Gasteiger partial charge in [-0.2, -0.15) is 0 Å². The first-order valence-electron chi connectivity index (χ1n) is 44.5. The molecule has 5 heterocycles. The molecule has 14 aromatic carbocycles. The summed E-state index contributed by atoms with van der Waals surface area (Å²) in [7, 11) is 0. The van der Waals surface area contributed by atoms with Gasteiger partial charge in [-0.15, -0.1) is 0 Å². The fourth-order valence-electron chi connectivity index (χ4n) is 16.6. The van der Waals surface area contributed by atoms with Crippen LogP contribution in [-0.4, -0.2) is 20.4 Å². The van der Waals surface area contributed by atoms with Crippen molar-refractivity contribution in [2.75, 3.05) is 9.80 Å². The number of para-hydroxylation sites is 7. The van der Waals surface area contributed by atoms with E-state index in [-0.39, 0.29) is 65.8 Å². The lowest BCUT2D eigenvalue weighted by molar-refractivity contribution is 0.569. The zero-order valence-electron chi connectivity index (χ0n) is 77.4. The van der Waals surface area contributed by atoms with Crippen molar-refractivity contribution in [3.8, 4) is 50.4 Å². The molecule has 2 aliphatic rings. The van der Waals surface area contributed by atoms with Gasteiger partial charge in [-0.3, -0.25) is 0 Å². The molecular formula is C100H86BN5. The van der Waals surface area contributed by atoms with Crippen molar-refractivity contribution in [3.63, 3.8) is 0 Å². The summed E-state index contributed by atoms with van der Waals surface area (Å²) < 4.78 is 160. The van der Waals surface area contributed by atoms with Crippen LogP contribution in [0.3, 0.4) is 0 Å². The van der Waals surface area contributed by atoms with Gasteiger partial charge < -0.3 is 23.5 Å². The Labute approximate surface area is 645 Å². The van der Waals surface area contributed by atoms with E-state index >= 15 is 0 Å². The fraction of sp³-hybridized carbons (Fsp3) is 0.160. The van der Waals surface area contributed by atoms with Gasteiger partial charge in [-0.05, 0) is 167 Å². The van der Waals surface area contributed by atoms with Gasteiger partial charge in [0.1, 0.15) is 0 Å². The van der Waals surface area contributed by atoms with Gasteiger partial charge in [0.2, 0.25) is 0 Å². The Hall–Kier alpha value is -11.9.